The molecule has 1 aromatic heterocycles. The maximum Gasteiger partial charge on any atom is 0.0931 e. The van der Waals surface area contributed by atoms with E-state index in [0.717, 1.165) is 12.2 Å². The van der Waals surface area contributed by atoms with Gasteiger partial charge in [0.1, 0.15) is 0 Å². The second-order valence-corrected chi connectivity index (χ2v) is 3.42. The molecule has 0 aliphatic heterocycles. The molecule has 0 aromatic carbocycles. The Hall–Kier alpha value is -1.13. The summed E-state index contributed by atoms with van der Waals surface area (Å²) in [6.07, 6.45) is 1.19. The zero-order valence-corrected chi connectivity index (χ0v) is 9.22. The van der Waals surface area contributed by atoms with Gasteiger partial charge in [-0.25, -0.2) is 0 Å². The van der Waals surface area contributed by atoms with Crippen LogP contribution < -0.4 is 4.90 Å². The van der Waals surface area contributed by atoms with Gasteiger partial charge in [-0.2, -0.15) is 0 Å². The van der Waals surface area contributed by atoms with E-state index in [2.05, 4.69) is 4.98 Å². The molecule has 0 unspecified atom stereocenters. The number of pyridine rings is 1. The van der Waals surface area contributed by atoms with Crippen molar-refractivity contribution in [2.45, 2.75) is 20.0 Å². The summed E-state index contributed by atoms with van der Waals surface area (Å²) in [5, 5.41) is 18.2. The lowest BCUT2D eigenvalue weighted by molar-refractivity contribution is 0.194. The number of hydrogen-bond acceptors (Lipinski definition) is 4. The first kappa shape index (κ1) is 11.9. The molecule has 0 fully saturated rings. The number of nitrogens with zero attached hydrogens (tertiary/aromatic N) is 2. The Bertz CT molecular complexity index is 285. The molecule has 0 saturated heterocycles. The summed E-state index contributed by atoms with van der Waals surface area (Å²) in [5.41, 5.74) is 1.63. The third-order valence-electron chi connectivity index (χ3n) is 2.32. The van der Waals surface area contributed by atoms with Gasteiger partial charge in [0.05, 0.1) is 30.3 Å². The lowest BCUT2D eigenvalue weighted by Crippen LogP contribution is -2.26. The van der Waals surface area contributed by atoms with Crippen molar-refractivity contribution < 1.29 is 10.2 Å². The Morgan fingerprint density at radius 3 is 2.60 bits per heavy atom. The molecule has 4 nitrogen and oxygen atoms in total. The van der Waals surface area contributed by atoms with Gasteiger partial charge in [0.2, 0.25) is 0 Å². The van der Waals surface area contributed by atoms with Crippen LogP contribution in [0.15, 0.2) is 18.3 Å². The highest BCUT2D eigenvalue weighted by Gasteiger charge is 2.06. The molecule has 0 spiro atoms. The normalized spacial score (nSPS) is 12.5. The Morgan fingerprint density at radius 1 is 1.47 bits per heavy atom. The maximum atomic E-state index is 9.30. The van der Waals surface area contributed by atoms with E-state index in [9.17, 15) is 5.11 Å². The molecular weight excluding hydrogens is 192 g/mol. The van der Waals surface area contributed by atoms with Crippen LogP contribution in [0.25, 0.3) is 0 Å². The number of aromatic nitrogens is 1. The van der Waals surface area contributed by atoms with Gasteiger partial charge >= 0.3 is 0 Å². The van der Waals surface area contributed by atoms with Crippen LogP contribution in [0.4, 0.5) is 5.69 Å². The third-order valence-corrected chi connectivity index (χ3v) is 2.32. The summed E-state index contributed by atoms with van der Waals surface area (Å²) in [4.78, 5) is 6.18. The molecule has 1 atom stereocenters. The second kappa shape index (κ2) is 5.68. The van der Waals surface area contributed by atoms with E-state index in [-0.39, 0.29) is 6.61 Å². The molecular formula is C11H18N2O2. The molecule has 0 aliphatic rings. The molecule has 0 bridgehead atoms. The largest absolute Gasteiger partial charge is 0.395 e. The van der Waals surface area contributed by atoms with E-state index in [1.807, 2.05) is 17.9 Å². The van der Waals surface area contributed by atoms with Gasteiger partial charge in [-0.15, -0.1) is 0 Å². The zero-order chi connectivity index (χ0) is 11.3. The Kier molecular flexibility index (Phi) is 4.52. The third kappa shape index (κ3) is 3.18. The first-order valence-electron chi connectivity index (χ1n) is 5.18. The maximum absolute atomic E-state index is 9.30. The van der Waals surface area contributed by atoms with E-state index < -0.39 is 6.10 Å². The van der Waals surface area contributed by atoms with Gasteiger partial charge in [0, 0.05) is 13.1 Å². The van der Waals surface area contributed by atoms with Crippen molar-refractivity contribution in [3.05, 3.63) is 24.0 Å². The number of hydrogen-bond donors (Lipinski definition) is 2. The minimum atomic E-state index is -0.535. The standard InChI is InChI=1S/C11H18N2O2/c1-3-13(6-7-14)10-4-5-11(9(2)15)12-8-10/h4-5,8-9,14-15H,3,6-7H2,1-2H3/t9-/m0/s1. The summed E-state index contributed by atoms with van der Waals surface area (Å²) in [6.45, 7) is 5.28. The van der Waals surface area contributed by atoms with Crippen LogP contribution >= 0.6 is 0 Å². The van der Waals surface area contributed by atoms with Crippen LogP contribution in [0.3, 0.4) is 0 Å². The Morgan fingerprint density at radius 2 is 2.20 bits per heavy atom. The van der Waals surface area contributed by atoms with Gasteiger partial charge in [-0.05, 0) is 26.0 Å². The van der Waals surface area contributed by atoms with E-state index in [0.29, 0.717) is 12.2 Å². The van der Waals surface area contributed by atoms with Gasteiger partial charge in [0.25, 0.3) is 0 Å². The molecule has 15 heavy (non-hydrogen) atoms. The fourth-order valence-corrected chi connectivity index (χ4v) is 1.42. The predicted molar refractivity (Wildman–Crippen MR) is 59.8 cm³/mol. The van der Waals surface area contributed by atoms with Crippen LogP contribution in [0.2, 0.25) is 0 Å². The molecule has 0 saturated carbocycles. The molecule has 2 N–H and O–H groups in total. The Balaban J connectivity index is 2.77. The van der Waals surface area contributed by atoms with E-state index in [1.165, 1.54) is 0 Å². The Labute approximate surface area is 90.2 Å². The summed E-state index contributed by atoms with van der Waals surface area (Å²) in [5.74, 6) is 0. The van der Waals surface area contributed by atoms with Crippen LogP contribution in [-0.4, -0.2) is 34.9 Å². The number of rotatable bonds is 5. The second-order valence-electron chi connectivity index (χ2n) is 3.42. The molecule has 1 rings (SSSR count). The van der Waals surface area contributed by atoms with E-state index in [1.54, 1.807) is 19.2 Å². The topological polar surface area (TPSA) is 56.6 Å². The van der Waals surface area contributed by atoms with E-state index >= 15 is 0 Å². The van der Waals surface area contributed by atoms with Crippen LogP contribution in [-0.2, 0) is 0 Å². The van der Waals surface area contributed by atoms with Crippen molar-refractivity contribution in [1.82, 2.24) is 4.98 Å². The van der Waals surface area contributed by atoms with Crippen molar-refractivity contribution in [2.75, 3.05) is 24.6 Å². The average molecular weight is 210 g/mol. The minimum Gasteiger partial charge on any atom is -0.395 e. The molecule has 0 radical (unpaired) electrons. The van der Waals surface area contributed by atoms with Crippen molar-refractivity contribution in [2.24, 2.45) is 0 Å². The molecule has 84 valence electrons. The van der Waals surface area contributed by atoms with Gasteiger partial charge < -0.3 is 15.1 Å². The summed E-state index contributed by atoms with van der Waals surface area (Å²) >= 11 is 0. The lowest BCUT2D eigenvalue weighted by Gasteiger charge is -2.21. The highest BCUT2D eigenvalue weighted by molar-refractivity contribution is 5.44. The molecule has 1 aromatic rings. The summed E-state index contributed by atoms with van der Waals surface area (Å²) in [7, 11) is 0. The fraction of sp³-hybridized carbons (Fsp3) is 0.545. The first-order chi connectivity index (χ1) is 7.19. The van der Waals surface area contributed by atoms with Gasteiger partial charge in [-0.3, -0.25) is 4.98 Å². The van der Waals surface area contributed by atoms with Crippen LogP contribution in [0, 0.1) is 0 Å². The van der Waals surface area contributed by atoms with Crippen molar-refractivity contribution in [3.63, 3.8) is 0 Å². The number of aliphatic hydroxyl groups excluding tert-OH is 2. The fourth-order valence-electron chi connectivity index (χ4n) is 1.42. The summed E-state index contributed by atoms with van der Waals surface area (Å²) < 4.78 is 0. The molecule has 4 heteroatoms. The van der Waals surface area contributed by atoms with Crippen molar-refractivity contribution >= 4 is 5.69 Å². The molecule has 0 aliphatic carbocycles. The van der Waals surface area contributed by atoms with Gasteiger partial charge in [-0.1, -0.05) is 0 Å². The van der Waals surface area contributed by atoms with Gasteiger partial charge in [0.15, 0.2) is 0 Å². The van der Waals surface area contributed by atoms with Crippen molar-refractivity contribution in [3.8, 4) is 0 Å². The van der Waals surface area contributed by atoms with Crippen LogP contribution in [0.1, 0.15) is 25.6 Å². The SMILES string of the molecule is CCN(CCO)c1ccc([C@H](C)O)nc1. The lowest BCUT2D eigenvalue weighted by atomic mass is 10.2. The average Bonchev–Trinajstić information content (AvgIpc) is 2.26. The zero-order valence-electron chi connectivity index (χ0n) is 9.22. The highest BCUT2D eigenvalue weighted by Crippen LogP contribution is 2.15. The molecule has 1 heterocycles. The predicted octanol–water partition coefficient (Wildman–Crippen LogP) is 0.954. The van der Waals surface area contributed by atoms with E-state index in [4.69, 9.17) is 5.11 Å². The highest BCUT2D eigenvalue weighted by atomic mass is 16.3. The molecule has 0 amide bonds. The first-order valence-corrected chi connectivity index (χ1v) is 5.18. The van der Waals surface area contributed by atoms with Crippen molar-refractivity contribution in [1.29, 1.82) is 0 Å². The quantitative estimate of drug-likeness (QED) is 0.760. The number of likely N-dealkylation sites (N-methyl/N-ethyl adjacent to an activating group) is 1. The number of aliphatic hydroxyl groups is 2. The van der Waals surface area contributed by atoms with Crippen LogP contribution in [0.5, 0.6) is 0 Å². The smallest absolute Gasteiger partial charge is 0.0931 e. The number of anilines is 1. The monoisotopic (exact) mass is 210 g/mol. The summed E-state index contributed by atoms with van der Waals surface area (Å²) in [6, 6.07) is 3.72. The minimum absolute atomic E-state index is 0.131.